The molecule has 0 aliphatic rings. The van der Waals surface area contributed by atoms with Crippen LogP contribution in [0.2, 0.25) is 0 Å². The molecule has 3 heterocycles. The van der Waals surface area contributed by atoms with Gasteiger partial charge in [0.1, 0.15) is 11.5 Å². The van der Waals surface area contributed by atoms with E-state index in [-0.39, 0.29) is 22.3 Å². The molecule has 0 spiro atoms. The molecule has 0 atom stereocenters. The molecule has 0 aliphatic carbocycles. The van der Waals surface area contributed by atoms with Crippen molar-refractivity contribution in [1.82, 2.24) is 24.3 Å². The number of fused-ring (bicyclic) bond motifs is 1. The number of aromatic nitrogens is 5. The number of nitrogens with zero attached hydrogens (tertiary/aromatic N) is 6. The fourth-order valence-electron chi connectivity index (χ4n) is 3.15. The Morgan fingerprint density at radius 1 is 1.28 bits per heavy atom. The summed E-state index contributed by atoms with van der Waals surface area (Å²) in [5.74, 6) is 4.28. The van der Waals surface area contributed by atoms with Gasteiger partial charge >= 0.3 is 5.69 Å². The number of benzene rings is 1. The fraction of sp³-hybridized carbons (Fsp3) is 0.182. The van der Waals surface area contributed by atoms with Gasteiger partial charge < -0.3 is 4.90 Å². The maximum atomic E-state index is 15.0. The molecule has 0 saturated heterocycles. The summed E-state index contributed by atoms with van der Waals surface area (Å²) >= 11 is 0. The van der Waals surface area contributed by atoms with Gasteiger partial charge in [0.2, 0.25) is 0 Å². The maximum Gasteiger partial charge on any atom is 0.349 e. The van der Waals surface area contributed by atoms with Crippen molar-refractivity contribution in [2.75, 3.05) is 11.4 Å². The largest absolute Gasteiger partial charge is 0.349 e. The molecule has 0 N–H and O–H groups in total. The number of hydrogen-bond donors (Lipinski definition) is 0. The molecule has 7 nitrogen and oxygen atoms in total. The molecule has 3 aromatic heterocycles. The molecule has 0 saturated carbocycles. The van der Waals surface area contributed by atoms with E-state index >= 15 is 0 Å². The second-order valence-electron chi connectivity index (χ2n) is 6.74. The molecule has 0 radical (unpaired) electrons. The number of rotatable bonds is 4. The zero-order chi connectivity index (χ0) is 25.3. The number of anilines is 2. The zero-order valence-electron chi connectivity index (χ0n) is 19.6. The van der Waals surface area contributed by atoms with Crippen LogP contribution in [0.5, 0.6) is 0 Å². The molecule has 4 rings (SSSR count). The highest BCUT2D eigenvalue weighted by Gasteiger charge is 2.22. The van der Waals surface area contributed by atoms with E-state index in [1.165, 1.54) is 30.5 Å². The van der Waals surface area contributed by atoms with Gasteiger partial charge in [-0.2, -0.15) is 10.1 Å². The van der Waals surface area contributed by atoms with Gasteiger partial charge in [-0.25, -0.2) is 22.9 Å². The minimum Gasteiger partial charge on any atom is -0.320 e. The first-order valence-corrected chi connectivity index (χ1v) is 9.29. The van der Waals surface area contributed by atoms with Crippen molar-refractivity contribution in [2.24, 2.45) is 14.0 Å². The van der Waals surface area contributed by atoms with E-state index in [1.807, 2.05) is 0 Å². The number of hydrogen-bond acceptors (Lipinski definition) is 5. The molecule has 10 heteroatoms. The van der Waals surface area contributed by atoms with Crippen LogP contribution in [0.15, 0.2) is 53.7 Å². The average Bonchev–Trinajstić information content (AvgIpc) is 3.20. The standard InChI is InChI=1S/C22H17F3N6O/c1-29-12-14(11-27-29)6-7-15-10-16(8-9-26-15)31(13-19(24)25)21-20-17(23)4-3-5-18(20)30(2)22(32)28-21/h3-5,8-12,19H,13H2,1-2H3/i2D3. The third kappa shape index (κ3) is 4.18. The Morgan fingerprint density at radius 2 is 2.12 bits per heavy atom. The third-order valence-corrected chi connectivity index (χ3v) is 4.52. The van der Waals surface area contributed by atoms with Gasteiger partial charge in [-0.1, -0.05) is 12.0 Å². The molecule has 4 aromatic rings. The molecule has 0 bridgehead atoms. The minimum atomic E-state index is -2.96. The summed E-state index contributed by atoms with van der Waals surface area (Å²) in [7, 11) is 1.72. The third-order valence-electron chi connectivity index (χ3n) is 4.52. The number of halogens is 3. The Hall–Kier alpha value is -4.13. The van der Waals surface area contributed by atoms with Crippen LogP contribution in [0, 0.1) is 17.7 Å². The predicted molar refractivity (Wildman–Crippen MR) is 113 cm³/mol. The summed E-state index contributed by atoms with van der Waals surface area (Å²) in [6.07, 6.45) is 1.64. The summed E-state index contributed by atoms with van der Waals surface area (Å²) in [6, 6.07) is 6.23. The van der Waals surface area contributed by atoms with Gasteiger partial charge in [0.25, 0.3) is 6.43 Å². The lowest BCUT2D eigenvalue weighted by molar-refractivity contribution is 0.157. The van der Waals surface area contributed by atoms with Gasteiger partial charge in [0.05, 0.1) is 29.2 Å². The van der Waals surface area contributed by atoms with Crippen LogP contribution in [0.4, 0.5) is 24.7 Å². The first kappa shape index (κ1) is 17.5. The second-order valence-corrected chi connectivity index (χ2v) is 6.74. The number of pyridine rings is 1. The Morgan fingerprint density at radius 3 is 2.84 bits per heavy atom. The highest BCUT2D eigenvalue weighted by atomic mass is 19.3. The van der Waals surface area contributed by atoms with Crippen LogP contribution in [0.1, 0.15) is 15.4 Å². The smallest absolute Gasteiger partial charge is 0.320 e. The van der Waals surface area contributed by atoms with Gasteiger partial charge in [0.15, 0.2) is 5.82 Å². The number of alkyl halides is 2. The van der Waals surface area contributed by atoms with Gasteiger partial charge in [-0.15, -0.1) is 0 Å². The molecular formula is C22H17F3N6O. The van der Waals surface area contributed by atoms with Crippen molar-refractivity contribution in [3.63, 3.8) is 0 Å². The maximum absolute atomic E-state index is 15.0. The molecule has 0 unspecified atom stereocenters. The molecule has 0 fully saturated rings. The quantitative estimate of drug-likeness (QED) is 0.456. The SMILES string of the molecule is [2H]C([2H])([2H])n1c(=O)nc(N(CC(F)F)c2ccnc(C#Cc3cnn(C)c3)c2)c2c(F)cccc21. The molecule has 0 amide bonds. The van der Waals surface area contributed by atoms with Crippen LogP contribution in [-0.2, 0) is 14.0 Å². The summed E-state index contributed by atoms with van der Waals surface area (Å²) in [5, 5.41) is 3.62. The fourth-order valence-corrected chi connectivity index (χ4v) is 3.15. The van der Waals surface area contributed by atoms with Crippen molar-refractivity contribution in [3.8, 4) is 11.8 Å². The van der Waals surface area contributed by atoms with Gasteiger partial charge in [-0.3, -0.25) is 9.25 Å². The Kier molecular flexibility index (Phi) is 4.68. The van der Waals surface area contributed by atoms with Crippen LogP contribution in [0.3, 0.4) is 0 Å². The lowest BCUT2D eigenvalue weighted by Crippen LogP contribution is -2.30. The predicted octanol–water partition coefficient (Wildman–Crippen LogP) is 3.00. The first-order valence-electron chi connectivity index (χ1n) is 10.8. The van der Waals surface area contributed by atoms with Crippen LogP contribution in [-0.4, -0.2) is 37.3 Å². The molecule has 0 aliphatic heterocycles. The van der Waals surface area contributed by atoms with Crippen LogP contribution < -0.4 is 10.6 Å². The normalized spacial score (nSPS) is 12.7. The summed E-state index contributed by atoms with van der Waals surface area (Å²) < 4.78 is 67.0. The molecular weight excluding hydrogens is 421 g/mol. The number of aryl methyl sites for hydroxylation is 2. The van der Waals surface area contributed by atoms with E-state index < -0.39 is 37.3 Å². The molecule has 32 heavy (non-hydrogen) atoms. The van der Waals surface area contributed by atoms with E-state index in [1.54, 1.807) is 24.1 Å². The van der Waals surface area contributed by atoms with Crippen molar-refractivity contribution in [2.45, 2.75) is 6.43 Å². The molecule has 162 valence electrons. The first-order chi connectivity index (χ1) is 16.5. The minimum absolute atomic E-state index is 0.110. The Bertz CT molecular complexity index is 1520. The average molecular weight is 441 g/mol. The second kappa shape index (κ2) is 8.55. The monoisotopic (exact) mass is 441 g/mol. The lowest BCUT2D eigenvalue weighted by atomic mass is 10.2. The van der Waals surface area contributed by atoms with Gasteiger partial charge in [0, 0.05) is 36.2 Å². The summed E-state index contributed by atoms with van der Waals surface area (Å²) in [4.78, 5) is 21.4. The van der Waals surface area contributed by atoms with E-state index in [9.17, 15) is 18.0 Å². The summed E-state index contributed by atoms with van der Waals surface area (Å²) in [6.45, 7) is -3.92. The molecule has 1 aromatic carbocycles. The van der Waals surface area contributed by atoms with Crippen LogP contribution >= 0.6 is 0 Å². The Balaban J connectivity index is 1.90. The van der Waals surface area contributed by atoms with Crippen molar-refractivity contribution in [1.29, 1.82) is 0 Å². The summed E-state index contributed by atoms with van der Waals surface area (Å²) in [5.41, 5.74) is -0.606. The topological polar surface area (TPSA) is 68.8 Å². The van der Waals surface area contributed by atoms with E-state index in [0.717, 1.165) is 11.0 Å². The highest BCUT2D eigenvalue weighted by Crippen LogP contribution is 2.31. The van der Waals surface area contributed by atoms with Crippen molar-refractivity contribution < 1.29 is 17.3 Å². The highest BCUT2D eigenvalue weighted by molar-refractivity contribution is 5.92. The van der Waals surface area contributed by atoms with Gasteiger partial charge in [-0.05, 0) is 30.2 Å². The van der Waals surface area contributed by atoms with Crippen LogP contribution in [0.25, 0.3) is 10.9 Å². The van der Waals surface area contributed by atoms with E-state index in [2.05, 4.69) is 26.9 Å². The van der Waals surface area contributed by atoms with E-state index in [4.69, 9.17) is 4.11 Å². The Labute approximate surface area is 185 Å². The lowest BCUT2D eigenvalue weighted by Gasteiger charge is -2.25. The van der Waals surface area contributed by atoms with Crippen molar-refractivity contribution in [3.05, 3.63) is 76.5 Å². The zero-order valence-corrected chi connectivity index (χ0v) is 16.6. The van der Waals surface area contributed by atoms with Crippen molar-refractivity contribution >= 4 is 22.4 Å². The van der Waals surface area contributed by atoms with E-state index in [0.29, 0.717) is 10.1 Å².